The molecular weight excluding hydrogens is 152 g/mol. The van der Waals surface area contributed by atoms with Crippen LogP contribution in [0.1, 0.15) is 0 Å². The van der Waals surface area contributed by atoms with Crippen molar-refractivity contribution in [3.05, 3.63) is 0 Å². The van der Waals surface area contributed by atoms with Crippen LogP contribution in [-0.4, -0.2) is 46.1 Å². The molecule has 0 saturated carbocycles. The van der Waals surface area contributed by atoms with E-state index in [2.05, 4.69) is 0 Å². The standard InChI is InChI=1S/C5H12N2O4/c6-1-2(8)4(9)3(7)5(10)11/h2-4,8-9H,1,6-7H2,(H,10,11). The third-order valence-corrected chi connectivity index (χ3v) is 1.29. The lowest BCUT2D eigenvalue weighted by molar-refractivity contribution is -0.143. The van der Waals surface area contributed by atoms with Crippen molar-refractivity contribution in [1.82, 2.24) is 0 Å². The Balaban J connectivity index is 4.00. The maximum atomic E-state index is 10.1. The van der Waals surface area contributed by atoms with Gasteiger partial charge in [-0.25, -0.2) is 0 Å². The van der Waals surface area contributed by atoms with E-state index in [4.69, 9.17) is 26.8 Å². The fraction of sp³-hybridized carbons (Fsp3) is 0.800. The number of aliphatic hydroxyl groups excluding tert-OH is 2. The molecule has 0 aromatic carbocycles. The number of carboxylic acid groups (broad SMARTS) is 1. The first-order chi connectivity index (χ1) is 5.00. The minimum absolute atomic E-state index is 0.220. The molecular formula is C5H12N2O4. The lowest BCUT2D eigenvalue weighted by atomic mass is 10.1. The van der Waals surface area contributed by atoms with Gasteiger partial charge in [0.1, 0.15) is 12.1 Å². The van der Waals surface area contributed by atoms with Crippen LogP contribution < -0.4 is 11.5 Å². The second-order valence-electron chi connectivity index (χ2n) is 2.16. The summed E-state index contributed by atoms with van der Waals surface area (Å²) >= 11 is 0. The van der Waals surface area contributed by atoms with E-state index in [1.165, 1.54) is 0 Å². The summed E-state index contributed by atoms with van der Waals surface area (Å²) in [7, 11) is 0. The fourth-order valence-electron chi connectivity index (χ4n) is 0.525. The van der Waals surface area contributed by atoms with E-state index in [0.29, 0.717) is 0 Å². The van der Waals surface area contributed by atoms with Gasteiger partial charge in [0.2, 0.25) is 0 Å². The molecule has 0 aliphatic rings. The minimum Gasteiger partial charge on any atom is -0.480 e. The monoisotopic (exact) mass is 164 g/mol. The van der Waals surface area contributed by atoms with E-state index >= 15 is 0 Å². The van der Waals surface area contributed by atoms with E-state index in [0.717, 1.165) is 0 Å². The molecule has 0 radical (unpaired) electrons. The maximum Gasteiger partial charge on any atom is 0.323 e. The number of rotatable bonds is 4. The fourth-order valence-corrected chi connectivity index (χ4v) is 0.525. The number of carbonyl (C=O) groups is 1. The van der Waals surface area contributed by atoms with Crippen LogP contribution >= 0.6 is 0 Å². The van der Waals surface area contributed by atoms with Crippen LogP contribution in [0.5, 0.6) is 0 Å². The zero-order chi connectivity index (χ0) is 9.02. The zero-order valence-corrected chi connectivity index (χ0v) is 5.84. The maximum absolute atomic E-state index is 10.1. The topological polar surface area (TPSA) is 130 Å². The highest BCUT2D eigenvalue weighted by Crippen LogP contribution is 1.96. The summed E-state index contributed by atoms with van der Waals surface area (Å²) in [6, 6.07) is -1.49. The predicted molar refractivity (Wildman–Crippen MR) is 36.7 cm³/mol. The molecule has 0 saturated heterocycles. The number of aliphatic carboxylic acids is 1. The van der Waals surface area contributed by atoms with Crippen molar-refractivity contribution in [3.8, 4) is 0 Å². The molecule has 0 aliphatic heterocycles. The van der Waals surface area contributed by atoms with Gasteiger partial charge in [-0.1, -0.05) is 0 Å². The molecule has 0 heterocycles. The van der Waals surface area contributed by atoms with Crippen LogP contribution in [0.3, 0.4) is 0 Å². The molecule has 0 aromatic heterocycles. The van der Waals surface area contributed by atoms with E-state index < -0.39 is 24.2 Å². The SMILES string of the molecule is NCC(O)C(O)C(N)C(=O)O. The van der Waals surface area contributed by atoms with Gasteiger partial charge < -0.3 is 26.8 Å². The highest BCUT2D eigenvalue weighted by Gasteiger charge is 2.27. The van der Waals surface area contributed by atoms with Gasteiger partial charge in [0.25, 0.3) is 0 Å². The van der Waals surface area contributed by atoms with Crippen LogP contribution in [0.4, 0.5) is 0 Å². The van der Waals surface area contributed by atoms with Gasteiger partial charge in [0.15, 0.2) is 0 Å². The molecule has 7 N–H and O–H groups in total. The molecule has 0 fully saturated rings. The molecule has 6 heteroatoms. The third-order valence-electron chi connectivity index (χ3n) is 1.29. The van der Waals surface area contributed by atoms with E-state index in [1.807, 2.05) is 0 Å². The van der Waals surface area contributed by atoms with Gasteiger partial charge in [-0.3, -0.25) is 4.79 Å². The van der Waals surface area contributed by atoms with Crippen LogP contribution in [0.15, 0.2) is 0 Å². The van der Waals surface area contributed by atoms with Crippen molar-refractivity contribution in [2.24, 2.45) is 11.5 Å². The van der Waals surface area contributed by atoms with Crippen molar-refractivity contribution in [3.63, 3.8) is 0 Å². The number of nitrogens with two attached hydrogens (primary N) is 2. The Morgan fingerprint density at radius 3 is 2.18 bits per heavy atom. The molecule has 66 valence electrons. The smallest absolute Gasteiger partial charge is 0.323 e. The second kappa shape index (κ2) is 4.24. The highest BCUT2D eigenvalue weighted by molar-refractivity contribution is 5.73. The summed E-state index contributed by atoms with van der Waals surface area (Å²) in [6.45, 7) is -0.220. The lowest BCUT2D eigenvalue weighted by Crippen LogP contribution is -2.50. The van der Waals surface area contributed by atoms with E-state index in [9.17, 15) is 4.79 Å². The molecule has 0 aromatic rings. The Bertz CT molecular complexity index is 140. The Kier molecular flexibility index (Phi) is 3.98. The summed E-state index contributed by atoms with van der Waals surface area (Å²) in [4.78, 5) is 10.1. The molecule has 3 unspecified atom stereocenters. The highest BCUT2D eigenvalue weighted by atomic mass is 16.4. The van der Waals surface area contributed by atoms with E-state index in [-0.39, 0.29) is 6.54 Å². The van der Waals surface area contributed by atoms with Crippen molar-refractivity contribution >= 4 is 5.97 Å². The van der Waals surface area contributed by atoms with Gasteiger partial charge in [-0.05, 0) is 0 Å². The van der Waals surface area contributed by atoms with Gasteiger partial charge >= 0.3 is 5.97 Å². The van der Waals surface area contributed by atoms with Crippen molar-refractivity contribution in [1.29, 1.82) is 0 Å². The molecule has 11 heavy (non-hydrogen) atoms. The Morgan fingerprint density at radius 2 is 1.91 bits per heavy atom. The Labute approximate surface area is 63.4 Å². The van der Waals surface area contributed by atoms with E-state index in [1.54, 1.807) is 0 Å². The molecule has 0 aliphatic carbocycles. The summed E-state index contributed by atoms with van der Waals surface area (Å²) in [5, 5.41) is 26.0. The van der Waals surface area contributed by atoms with Crippen LogP contribution in [0.2, 0.25) is 0 Å². The predicted octanol–water partition coefficient (Wildman–Crippen LogP) is -2.92. The van der Waals surface area contributed by atoms with Crippen molar-refractivity contribution < 1.29 is 20.1 Å². The number of carboxylic acids is 1. The second-order valence-corrected chi connectivity index (χ2v) is 2.16. The van der Waals surface area contributed by atoms with Crippen molar-refractivity contribution in [2.45, 2.75) is 18.2 Å². The van der Waals surface area contributed by atoms with Crippen LogP contribution in [-0.2, 0) is 4.79 Å². The molecule has 0 amide bonds. The average molecular weight is 164 g/mol. The van der Waals surface area contributed by atoms with Crippen LogP contribution in [0.25, 0.3) is 0 Å². The summed E-state index contributed by atoms with van der Waals surface area (Å²) in [6.07, 6.45) is -2.81. The zero-order valence-electron chi connectivity index (χ0n) is 5.84. The largest absolute Gasteiger partial charge is 0.480 e. The van der Waals surface area contributed by atoms with Crippen LogP contribution in [0, 0.1) is 0 Å². The summed E-state index contributed by atoms with van der Waals surface area (Å²) in [5.41, 5.74) is 9.92. The first-order valence-electron chi connectivity index (χ1n) is 3.05. The quantitative estimate of drug-likeness (QED) is 0.302. The van der Waals surface area contributed by atoms with Gasteiger partial charge in [0.05, 0.1) is 6.10 Å². The third kappa shape index (κ3) is 2.81. The molecule has 0 bridgehead atoms. The number of hydrogen-bond acceptors (Lipinski definition) is 5. The van der Waals surface area contributed by atoms with Gasteiger partial charge in [-0.2, -0.15) is 0 Å². The minimum atomic E-state index is -1.52. The number of hydrogen-bond donors (Lipinski definition) is 5. The summed E-state index contributed by atoms with van der Waals surface area (Å²) < 4.78 is 0. The Morgan fingerprint density at radius 1 is 1.45 bits per heavy atom. The van der Waals surface area contributed by atoms with Crippen molar-refractivity contribution in [2.75, 3.05) is 6.54 Å². The molecule has 3 atom stereocenters. The normalized spacial score (nSPS) is 18.9. The molecule has 0 rings (SSSR count). The van der Waals surface area contributed by atoms with Gasteiger partial charge in [-0.15, -0.1) is 0 Å². The first-order valence-corrected chi connectivity index (χ1v) is 3.05. The lowest BCUT2D eigenvalue weighted by Gasteiger charge is -2.18. The summed E-state index contributed by atoms with van der Waals surface area (Å²) in [5.74, 6) is -1.37. The average Bonchev–Trinajstić information content (AvgIpc) is 2.00. The van der Waals surface area contributed by atoms with Gasteiger partial charge in [0, 0.05) is 6.54 Å². The Hall–Kier alpha value is -0.690. The molecule has 6 nitrogen and oxygen atoms in total. The molecule has 0 spiro atoms. The number of aliphatic hydroxyl groups is 2. The first kappa shape index (κ1) is 10.3.